The van der Waals surface area contributed by atoms with Crippen LogP contribution in [0.4, 0.5) is 13.6 Å². The number of nitrogens with one attached hydrogen (secondary N) is 1. The van der Waals surface area contributed by atoms with Gasteiger partial charge in [0.15, 0.2) is 0 Å². The van der Waals surface area contributed by atoms with Crippen LogP contribution in [-0.4, -0.2) is 55.3 Å². The van der Waals surface area contributed by atoms with E-state index in [0.29, 0.717) is 13.0 Å². The van der Waals surface area contributed by atoms with Crippen LogP contribution in [0.15, 0.2) is 0 Å². The molecule has 1 rings (SSSR count). The van der Waals surface area contributed by atoms with Crippen LogP contribution in [0.1, 0.15) is 6.42 Å². The number of alkyl halides is 2. The summed E-state index contributed by atoms with van der Waals surface area (Å²) < 4.78 is 27.3. The van der Waals surface area contributed by atoms with Gasteiger partial charge in [-0.3, -0.25) is 0 Å². The SMILES string of the molecule is O=C(NCCCOC(F)F)N1CCSCC1. The second-order valence-corrected chi connectivity index (χ2v) is 4.54. The highest BCUT2D eigenvalue weighted by molar-refractivity contribution is 7.99. The van der Waals surface area contributed by atoms with Gasteiger partial charge in [0, 0.05) is 31.1 Å². The summed E-state index contributed by atoms with van der Waals surface area (Å²) in [5, 5.41) is 2.68. The van der Waals surface area contributed by atoms with Crippen molar-refractivity contribution in [3.05, 3.63) is 0 Å². The zero-order valence-electron chi connectivity index (χ0n) is 8.95. The highest BCUT2D eigenvalue weighted by Crippen LogP contribution is 2.08. The highest BCUT2D eigenvalue weighted by Gasteiger charge is 2.15. The van der Waals surface area contributed by atoms with E-state index in [9.17, 15) is 13.6 Å². The van der Waals surface area contributed by atoms with E-state index in [1.54, 1.807) is 4.90 Å². The second kappa shape index (κ2) is 7.67. The average Bonchev–Trinajstić information content (AvgIpc) is 2.29. The van der Waals surface area contributed by atoms with Crippen molar-refractivity contribution in [1.82, 2.24) is 10.2 Å². The van der Waals surface area contributed by atoms with Crippen LogP contribution in [0.5, 0.6) is 0 Å². The molecule has 0 aliphatic carbocycles. The van der Waals surface area contributed by atoms with Gasteiger partial charge in [0.25, 0.3) is 0 Å². The number of amides is 2. The molecule has 0 aromatic rings. The van der Waals surface area contributed by atoms with E-state index in [1.165, 1.54) is 0 Å². The fourth-order valence-electron chi connectivity index (χ4n) is 1.32. The number of carbonyl (C=O) groups excluding carboxylic acids is 1. The van der Waals surface area contributed by atoms with E-state index < -0.39 is 6.61 Å². The average molecular weight is 254 g/mol. The molecule has 1 heterocycles. The summed E-state index contributed by atoms with van der Waals surface area (Å²) >= 11 is 1.83. The minimum absolute atomic E-state index is 0.0339. The van der Waals surface area contributed by atoms with E-state index in [1.807, 2.05) is 11.8 Å². The number of hydrogen-bond donors (Lipinski definition) is 1. The molecule has 94 valence electrons. The Morgan fingerprint density at radius 1 is 1.44 bits per heavy atom. The summed E-state index contributed by atoms with van der Waals surface area (Å²) in [6.45, 7) is -0.883. The van der Waals surface area contributed by atoms with E-state index in [0.717, 1.165) is 24.6 Å². The molecule has 1 saturated heterocycles. The molecule has 0 unspecified atom stereocenters. The van der Waals surface area contributed by atoms with Gasteiger partial charge in [-0.15, -0.1) is 0 Å². The van der Waals surface area contributed by atoms with Crippen LogP contribution in [0.2, 0.25) is 0 Å². The number of halogens is 2. The molecule has 1 fully saturated rings. The van der Waals surface area contributed by atoms with Gasteiger partial charge >= 0.3 is 12.6 Å². The number of nitrogens with zero attached hydrogens (tertiary/aromatic N) is 1. The van der Waals surface area contributed by atoms with Crippen LogP contribution < -0.4 is 5.32 Å². The number of carbonyl (C=O) groups is 1. The minimum atomic E-state index is -2.73. The first kappa shape index (κ1) is 13.5. The van der Waals surface area contributed by atoms with Gasteiger partial charge in [-0.2, -0.15) is 20.5 Å². The minimum Gasteiger partial charge on any atom is -0.338 e. The highest BCUT2D eigenvalue weighted by atomic mass is 32.2. The fraction of sp³-hybridized carbons (Fsp3) is 0.889. The third-order valence-corrected chi connectivity index (χ3v) is 3.08. The molecule has 1 aliphatic heterocycles. The third kappa shape index (κ3) is 5.50. The monoisotopic (exact) mass is 254 g/mol. The first-order chi connectivity index (χ1) is 7.70. The van der Waals surface area contributed by atoms with Crippen LogP contribution in [0.25, 0.3) is 0 Å². The number of rotatable bonds is 5. The molecule has 0 bridgehead atoms. The molecular weight excluding hydrogens is 238 g/mol. The Morgan fingerprint density at radius 3 is 2.75 bits per heavy atom. The summed E-state index contributed by atoms with van der Waals surface area (Å²) in [6.07, 6.45) is 0.401. The van der Waals surface area contributed by atoms with Crippen molar-refractivity contribution >= 4 is 17.8 Å². The summed E-state index contributed by atoms with van der Waals surface area (Å²) in [4.78, 5) is 13.3. The van der Waals surface area contributed by atoms with Crippen molar-refractivity contribution in [2.45, 2.75) is 13.0 Å². The predicted octanol–water partition coefficient (Wildman–Crippen LogP) is 1.37. The van der Waals surface area contributed by atoms with Gasteiger partial charge in [0.05, 0.1) is 6.61 Å². The number of hydrogen-bond acceptors (Lipinski definition) is 3. The lowest BCUT2D eigenvalue weighted by molar-refractivity contribution is -0.128. The molecule has 0 radical (unpaired) electrons. The molecule has 2 amide bonds. The molecule has 16 heavy (non-hydrogen) atoms. The lowest BCUT2D eigenvalue weighted by Gasteiger charge is -2.26. The van der Waals surface area contributed by atoms with Gasteiger partial charge < -0.3 is 15.0 Å². The molecule has 4 nitrogen and oxygen atoms in total. The van der Waals surface area contributed by atoms with Gasteiger partial charge in [-0.05, 0) is 6.42 Å². The predicted molar refractivity (Wildman–Crippen MR) is 58.9 cm³/mol. The fourth-order valence-corrected chi connectivity index (χ4v) is 2.22. The van der Waals surface area contributed by atoms with Crippen LogP contribution in [0.3, 0.4) is 0 Å². The molecule has 0 saturated carbocycles. The van der Waals surface area contributed by atoms with Crippen molar-refractivity contribution in [2.75, 3.05) is 37.7 Å². The van der Waals surface area contributed by atoms with Gasteiger partial charge in [0.2, 0.25) is 0 Å². The zero-order chi connectivity index (χ0) is 11.8. The van der Waals surface area contributed by atoms with Gasteiger partial charge in [0.1, 0.15) is 0 Å². The summed E-state index contributed by atoms with van der Waals surface area (Å²) in [6, 6.07) is -0.114. The largest absolute Gasteiger partial charge is 0.345 e. The Bertz CT molecular complexity index is 214. The third-order valence-electron chi connectivity index (χ3n) is 2.14. The maximum atomic E-state index is 11.6. The van der Waals surface area contributed by atoms with Crippen LogP contribution in [0, 0.1) is 0 Å². The maximum Gasteiger partial charge on any atom is 0.345 e. The van der Waals surface area contributed by atoms with Crippen molar-refractivity contribution in [2.24, 2.45) is 0 Å². The van der Waals surface area contributed by atoms with Crippen LogP contribution >= 0.6 is 11.8 Å². The molecule has 7 heteroatoms. The Labute approximate surface area is 97.7 Å². The Morgan fingerprint density at radius 2 is 2.12 bits per heavy atom. The number of urea groups is 1. The topological polar surface area (TPSA) is 41.6 Å². The number of ether oxygens (including phenoxy) is 1. The molecule has 0 aromatic heterocycles. The summed E-state index contributed by atoms with van der Waals surface area (Å²) in [5.74, 6) is 1.92. The molecule has 0 spiro atoms. The number of thioether (sulfide) groups is 1. The first-order valence-corrected chi connectivity index (χ1v) is 6.36. The Kier molecular flexibility index (Phi) is 6.47. The normalized spacial score (nSPS) is 16.6. The summed E-state index contributed by atoms with van der Waals surface area (Å²) in [7, 11) is 0. The smallest absolute Gasteiger partial charge is 0.338 e. The van der Waals surface area contributed by atoms with Crippen molar-refractivity contribution in [3.63, 3.8) is 0 Å². The van der Waals surface area contributed by atoms with E-state index >= 15 is 0 Å². The van der Waals surface area contributed by atoms with Crippen molar-refractivity contribution in [1.29, 1.82) is 0 Å². The van der Waals surface area contributed by atoms with Gasteiger partial charge in [-0.25, -0.2) is 4.79 Å². The molecule has 1 N–H and O–H groups in total. The van der Waals surface area contributed by atoms with Gasteiger partial charge in [-0.1, -0.05) is 0 Å². The Hall–Kier alpha value is -0.560. The first-order valence-electron chi connectivity index (χ1n) is 5.20. The maximum absolute atomic E-state index is 11.6. The van der Waals surface area contributed by atoms with Crippen molar-refractivity contribution in [3.8, 4) is 0 Å². The zero-order valence-corrected chi connectivity index (χ0v) is 9.77. The van der Waals surface area contributed by atoms with E-state index in [4.69, 9.17) is 0 Å². The lowest BCUT2D eigenvalue weighted by Crippen LogP contribution is -2.44. The Balaban J connectivity index is 2.01. The van der Waals surface area contributed by atoms with Crippen molar-refractivity contribution < 1.29 is 18.3 Å². The summed E-state index contributed by atoms with van der Waals surface area (Å²) in [5.41, 5.74) is 0. The quantitative estimate of drug-likeness (QED) is 0.753. The van der Waals surface area contributed by atoms with E-state index in [-0.39, 0.29) is 12.6 Å². The van der Waals surface area contributed by atoms with E-state index in [2.05, 4.69) is 10.1 Å². The molecule has 0 aromatic carbocycles. The van der Waals surface area contributed by atoms with Crippen LogP contribution in [-0.2, 0) is 4.74 Å². The standard InChI is InChI=1S/C9H16F2N2O2S/c10-8(11)15-5-1-2-12-9(14)13-3-6-16-7-4-13/h8H,1-7H2,(H,12,14). The second-order valence-electron chi connectivity index (χ2n) is 3.32. The molecule has 0 atom stereocenters. The lowest BCUT2D eigenvalue weighted by atomic mass is 10.4. The molecular formula is C9H16F2N2O2S. The molecule has 1 aliphatic rings.